The van der Waals surface area contributed by atoms with Crippen molar-refractivity contribution in [3.63, 3.8) is 0 Å². The van der Waals surface area contributed by atoms with Gasteiger partial charge in [-0.3, -0.25) is 4.79 Å². The van der Waals surface area contributed by atoms with Crippen LogP contribution in [0.4, 0.5) is 5.69 Å². The molecule has 0 bridgehead atoms. The molecule has 4 nitrogen and oxygen atoms in total. The average Bonchev–Trinajstić information content (AvgIpc) is 2.43. The van der Waals surface area contributed by atoms with Crippen LogP contribution in [0.1, 0.15) is 17.3 Å². The van der Waals surface area contributed by atoms with E-state index in [4.69, 9.17) is 23.2 Å². The zero-order chi connectivity index (χ0) is 13.8. The lowest BCUT2D eigenvalue weighted by Gasteiger charge is -2.21. The number of aromatic nitrogens is 2. The van der Waals surface area contributed by atoms with Gasteiger partial charge >= 0.3 is 0 Å². The maximum atomic E-state index is 12.5. The molecule has 0 fully saturated rings. The molecule has 1 amide bonds. The van der Waals surface area contributed by atoms with E-state index in [1.807, 2.05) is 37.3 Å². The van der Waals surface area contributed by atoms with Crippen LogP contribution in [0.2, 0.25) is 10.3 Å². The molecule has 0 radical (unpaired) electrons. The number of amides is 1. The summed E-state index contributed by atoms with van der Waals surface area (Å²) < 4.78 is 0. The molecular weight excluding hydrogens is 285 g/mol. The minimum absolute atomic E-state index is 0.0452. The van der Waals surface area contributed by atoms with E-state index in [2.05, 4.69) is 10.2 Å². The third kappa shape index (κ3) is 3.03. The summed E-state index contributed by atoms with van der Waals surface area (Å²) in [7, 11) is 0. The number of hydrogen-bond acceptors (Lipinski definition) is 3. The van der Waals surface area contributed by atoms with Gasteiger partial charge in [-0.25, -0.2) is 0 Å². The predicted octanol–water partition coefficient (Wildman–Crippen LogP) is 3.45. The first-order valence-electron chi connectivity index (χ1n) is 5.69. The molecule has 0 atom stereocenters. The first-order valence-corrected chi connectivity index (χ1v) is 6.44. The van der Waals surface area contributed by atoms with E-state index in [1.54, 1.807) is 4.90 Å². The van der Waals surface area contributed by atoms with Gasteiger partial charge in [-0.2, -0.15) is 0 Å². The Morgan fingerprint density at radius 3 is 2.53 bits per heavy atom. The summed E-state index contributed by atoms with van der Waals surface area (Å²) in [4.78, 5) is 14.1. The van der Waals surface area contributed by atoms with Crippen LogP contribution in [-0.4, -0.2) is 22.6 Å². The fourth-order valence-corrected chi connectivity index (χ4v) is 2.02. The van der Waals surface area contributed by atoms with Crippen molar-refractivity contribution in [1.82, 2.24) is 10.2 Å². The van der Waals surface area contributed by atoms with Gasteiger partial charge in [0.2, 0.25) is 0 Å². The van der Waals surface area contributed by atoms with Gasteiger partial charge in [-0.15, -0.1) is 10.2 Å². The highest BCUT2D eigenvalue weighted by Crippen LogP contribution is 2.21. The van der Waals surface area contributed by atoms with Crippen molar-refractivity contribution in [3.8, 4) is 0 Å². The lowest BCUT2D eigenvalue weighted by atomic mass is 10.2. The van der Waals surface area contributed by atoms with Crippen molar-refractivity contribution in [2.24, 2.45) is 0 Å². The quantitative estimate of drug-likeness (QED) is 0.871. The Hall–Kier alpha value is -1.65. The average molecular weight is 296 g/mol. The Morgan fingerprint density at radius 1 is 1.21 bits per heavy atom. The Bertz CT molecular complexity index is 590. The fourth-order valence-electron chi connectivity index (χ4n) is 1.70. The second kappa shape index (κ2) is 5.99. The summed E-state index contributed by atoms with van der Waals surface area (Å²) in [5.41, 5.74) is 1.03. The monoisotopic (exact) mass is 295 g/mol. The van der Waals surface area contributed by atoms with E-state index in [1.165, 1.54) is 6.07 Å². The molecule has 0 N–H and O–H groups in total. The molecule has 98 valence electrons. The van der Waals surface area contributed by atoms with Gasteiger partial charge in [0.1, 0.15) is 0 Å². The molecule has 19 heavy (non-hydrogen) atoms. The Balaban J connectivity index is 2.39. The topological polar surface area (TPSA) is 46.1 Å². The number of carbonyl (C=O) groups excluding carboxylic acids is 1. The van der Waals surface area contributed by atoms with Gasteiger partial charge in [0.05, 0.1) is 5.56 Å². The third-order valence-electron chi connectivity index (χ3n) is 2.58. The molecule has 0 spiro atoms. The molecule has 0 saturated carbocycles. The van der Waals surface area contributed by atoms with Crippen molar-refractivity contribution in [3.05, 3.63) is 52.3 Å². The van der Waals surface area contributed by atoms with E-state index < -0.39 is 0 Å². The van der Waals surface area contributed by atoms with Crippen LogP contribution in [0.15, 0.2) is 36.4 Å². The number of para-hydroxylation sites is 1. The predicted molar refractivity (Wildman–Crippen MR) is 75.8 cm³/mol. The lowest BCUT2D eigenvalue weighted by molar-refractivity contribution is 0.0988. The molecule has 0 aliphatic carbocycles. The minimum Gasteiger partial charge on any atom is -0.309 e. The van der Waals surface area contributed by atoms with E-state index in [-0.39, 0.29) is 21.8 Å². The zero-order valence-electron chi connectivity index (χ0n) is 10.2. The summed E-state index contributed by atoms with van der Waals surface area (Å²) in [6.07, 6.45) is 0. The highest BCUT2D eigenvalue weighted by Gasteiger charge is 2.20. The van der Waals surface area contributed by atoms with Crippen molar-refractivity contribution < 1.29 is 4.79 Å². The van der Waals surface area contributed by atoms with Crippen LogP contribution in [0.25, 0.3) is 0 Å². The number of hydrogen-bond donors (Lipinski definition) is 0. The number of rotatable bonds is 3. The maximum Gasteiger partial charge on any atom is 0.261 e. The molecular formula is C13H11Cl2N3O. The second-order valence-corrected chi connectivity index (χ2v) is 4.50. The van der Waals surface area contributed by atoms with Crippen LogP contribution < -0.4 is 4.90 Å². The Morgan fingerprint density at radius 2 is 1.89 bits per heavy atom. The van der Waals surface area contributed by atoms with Gasteiger partial charge in [-0.05, 0) is 25.1 Å². The van der Waals surface area contributed by atoms with Crippen LogP contribution in [0.3, 0.4) is 0 Å². The fraction of sp³-hybridized carbons (Fsp3) is 0.154. The largest absolute Gasteiger partial charge is 0.309 e. The van der Waals surface area contributed by atoms with Gasteiger partial charge in [0.25, 0.3) is 5.91 Å². The first kappa shape index (κ1) is 13.8. The SMILES string of the molecule is CCN(C(=O)c1cc(Cl)nnc1Cl)c1ccccc1. The number of benzene rings is 1. The standard InChI is InChI=1S/C13H11Cl2N3O/c1-2-18(9-6-4-3-5-7-9)13(19)10-8-11(14)16-17-12(10)15/h3-8H,2H2,1H3. The number of halogens is 2. The van der Waals surface area contributed by atoms with Gasteiger partial charge in [-0.1, -0.05) is 41.4 Å². The molecule has 0 unspecified atom stereocenters. The normalized spacial score (nSPS) is 10.3. The zero-order valence-corrected chi connectivity index (χ0v) is 11.7. The molecule has 2 rings (SSSR count). The molecule has 1 aromatic carbocycles. The van der Waals surface area contributed by atoms with Crippen LogP contribution >= 0.6 is 23.2 Å². The molecule has 0 saturated heterocycles. The van der Waals surface area contributed by atoms with E-state index in [0.717, 1.165) is 5.69 Å². The van der Waals surface area contributed by atoms with Gasteiger partial charge in [0.15, 0.2) is 10.3 Å². The summed E-state index contributed by atoms with van der Waals surface area (Å²) in [6, 6.07) is 10.7. The number of carbonyl (C=O) groups is 1. The summed E-state index contributed by atoms with van der Waals surface area (Å²) in [5.74, 6) is -0.254. The Labute approximate surface area is 121 Å². The van der Waals surface area contributed by atoms with E-state index in [9.17, 15) is 4.79 Å². The first-order chi connectivity index (χ1) is 9.13. The van der Waals surface area contributed by atoms with Gasteiger partial charge < -0.3 is 4.90 Å². The van der Waals surface area contributed by atoms with Crippen LogP contribution in [-0.2, 0) is 0 Å². The smallest absolute Gasteiger partial charge is 0.261 e. The summed E-state index contributed by atoms with van der Waals surface area (Å²) in [5, 5.41) is 7.42. The van der Waals surface area contributed by atoms with Crippen LogP contribution in [0, 0.1) is 0 Å². The Kier molecular flexibility index (Phi) is 4.35. The van der Waals surface area contributed by atoms with Crippen molar-refractivity contribution in [2.45, 2.75) is 6.92 Å². The number of nitrogens with zero attached hydrogens (tertiary/aromatic N) is 3. The van der Waals surface area contributed by atoms with E-state index >= 15 is 0 Å². The van der Waals surface area contributed by atoms with Crippen molar-refractivity contribution in [1.29, 1.82) is 0 Å². The highest BCUT2D eigenvalue weighted by atomic mass is 35.5. The molecule has 1 aromatic heterocycles. The molecule has 0 aliphatic heterocycles. The maximum absolute atomic E-state index is 12.5. The third-order valence-corrected chi connectivity index (χ3v) is 3.04. The summed E-state index contributed by atoms with van der Waals surface area (Å²) >= 11 is 11.7. The van der Waals surface area contributed by atoms with Gasteiger partial charge in [0, 0.05) is 12.2 Å². The van der Waals surface area contributed by atoms with Crippen LogP contribution in [0.5, 0.6) is 0 Å². The van der Waals surface area contributed by atoms with Crippen molar-refractivity contribution in [2.75, 3.05) is 11.4 Å². The molecule has 0 aliphatic rings. The molecule has 6 heteroatoms. The van der Waals surface area contributed by atoms with E-state index in [0.29, 0.717) is 6.54 Å². The minimum atomic E-state index is -0.254. The number of anilines is 1. The molecule has 2 aromatic rings. The van der Waals surface area contributed by atoms with Crippen molar-refractivity contribution >= 4 is 34.8 Å². The molecule has 1 heterocycles. The lowest BCUT2D eigenvalue weighted by Crippen LogP contribution is -2.31. The highest BCUT2D eigenvalue weighted by molar-refractivity contribution is 6.34. The summed E-state index contributed by atoms with van der Waals surface area (Å²) in [6.45, 7) is 2.40. The second-order valence-electron chi connectivity index (χ2n) is 3.76.